The highest BCUT2D eigenvalue weighted by molar-refractivity contribution is 7.99. The van der Waals surface area contributed by atoms with E-state index >= 15 is 0 Å². The molecule has 0 aliphatic heterocycles. The molecule has 3 nitrogen and oxygen atoms in total. The first-order valence-corrected chi connectivity index (χ1v) is 5.66. The highest BCUT2D eigenvalue weighted by atomic mass is 32.2. The molecule has 0 amide bonds. The number of thioether (sulfide) groups is 1. The fourth-order valence-electron chi connectivity index (χ4n) is 1.07. The van der Waals surface area contributed by atoms with Crippen LogP contribution in [0, 0.1) is 11.6 Å². The van der Waals surface area contributed by atoms with Gasteiger partial charge in [-0.2, -0.15) is 0 Å². The van der Waals surface area contributed by atoms with Gasteiger partial charge >= 0.3 is 0 Å². The number of halogens is 2. The first-order valence-electron chi connectivity index (χ1n) is 4.67. The third-order valence-electron chi connectivity index (χ3n) is 1.86. The van der Waals surface area contributed by atoms with Crippen molar-refractivity contribution in [1.82, 2.24) is 0 Å². The second-order valence-corrected chi connectivity index (χ2v) is 4.25. The van der Waals surface area contributed by atoms with Crippen LogP contribution < -0.4 is 5.73 Å². The van der Waals surface area contributed by atoms with Gasteiger partial charge in [-0.1, -0.05) is 5.16 Å². The van der Waals surface area contributed by atoms with E-state index in [9.17, 15) is 8.78 Å². The van der Waals surface area contributed by atoms with Crippen LogP contribution in [-0.2, 0) is 0 Å². The summed E-state index contributed by atoms with van der Waals surface area (Å²) < 4.78 is 25.9. The third kappa shape index (κ3) is 4.06. The molecule has 0 aliphatic rings. The molecular weight excluding hydrogens is 234 g/mol. The molecule has 0 aromatic heterocycles. The lowest BCUT2D eigenvalue weighted by atomic mass is 10.3. The molecule has 3 N–H and O–H groups in total. The van der Waals surface area contributed by atoms with Gasteiger partial charge in [-0.15, -0.1) is 11.8 Å². The Morgan fingerprint density at radius 3 is 2.88 bits per heavy atom. The quantitative estimate of drug-likeness (QED) is 0.210. The van der Waals surface area contributed by atoms with Gasteiger partial charge in [0.2, 0.25) is 0 Å². The fraction of sp³-hybridized carbons (Fsp3) is 0.300. The lowest BCUT2D eigenvalue weighted by Gasteiger charge is -2.03. The Morgan fingerprint density at radius 2 is 2.19 bits per heavy atom. The van der Waals surface area contributed by atoms with E-state index in [1.807, 2.05) is 0 Å². The summed E-state index contributed by atoms with van der Waals surface area (Å²) in [5.41, 5.74) is 5.26. The summed E-state index contributed by atoms with van der Waals surface area (Å²) in [5.74, 6) is -0.174. The molecule has 6 heteroatoms. The minimum absolute atomic E-state index is 0.139. The Bertz CT molecular complexity index is 385. The van der Waals surface area contributed by atoms with Crippen molar-refractivity contribution in [2.24, 2.45) is 10.9 Å². The number of oxime groups is 1. The largest absolute Gasteiger partial charge is 0.409 e. The molecule has 0 fully saturated rings. The van der Waals surface area contributed by atoms with Crippen LogP contribution in [0.2, 0.25) is 0 Å². The van der Waals surface area contributed by atoms with Crippen molar-refractivity contribution in [3.8, 4) is 0 Å². The second-order valence-electron chi connectivity index (χ2n) is 3.12. The van der Waals surface area contributed by atoms with Gasteiger partial charge in [0.15, 0.2) is 0 Å². The van der Waals surface area contributed by atoms with Crippen molar-refractivity contribution in [2.75, 3.05) is 5.75 Å². The molecule has 0 saturated heterocycles. The van der Waals surface area contributed by atoms with Gasteiger partial charge in [0.1, 0.15) is 17.5 Å². The molecule has 16 heavy (non-hydrogen) atoms. The minimum Gasteiger partial charge on any atom is -0.409 e. The Balaban J connectivity index is 2.40. The average molecular weight is 246 g/mol. The first-order chi connectivity index (χ1) is 7.63. The summed E-state index contributed by atoms with van der Waals surface area (Å²) in [5, 5.41) is 11.1. The minimum atomic E-state index is -0.458. The van der Waals surface area contributed by atoms with Crippen LogP contribution >= 0.6 is 11.8 Å². The molecule has 88 valence electrons. The molecule has 0 aliphatic carbocycles. The van der Waals surface area contributed by atoms with Crippen molar-refractivity contribution < 1.29 is 14.0 Å². The standard InChI is InChI=1S/C10H12F2N2OS/c11-7-3-4-8(12)9(6-7)16-5-1-2-10(13)14-15/h3-4,6,15H,1-2,5H2,(H2,13,14). The van der Waals surface area contributed by atoms with Gasteiger partial charge in [-0.3, -0.25) is 0 Å². The smallest absolute Gasteiger partial charge is 0.139 e. The zero-order valence-electron chi connectivity index (χ0n) is 8.49. The Kier molecular flexibility index (Phi) is 5.04. The lowest BCUT2D eigenvalue weighted by Crippen LogP contribution is -2.11. The van der Waals surface area contributed by atoms with E-state index in [0.717, 1.165) is 18.2 Å². The van der Waals surface area contributed by atoms with Crippen LogP contribution in [0.25, 0.3) is 0 Å². The topological polar surface area (TPSA) is 58.6 Å². The lowest BCUT2D eigenvalue weighted by molar-refractivity contribution is 0.317. The van der Waals surface area contributed by atoms with Crippen molar-refractivity contribution in [2.45, 2.75) is 17.7 Å². The summed E-state index contributed by atoms with van der Waals surface area (Å²) in [6.07, 6.45) is 1.07. The van der Waals surface area contributed by atoms with E-state index in [2.05, 4.69) is 5.16 Å². The van der Waals surface area contributed by atoms with Crippen molar-refractivity contribution in [3.63, 3.8) is 0 Å². The molecule has 1 aromatic carbocycles. The third-order valence-corrected chi connectivity index (χ3v) is 2.97. The maximum absolute atomic E-state index is 13.1. The number of rotatable bonds is 5. The number of amidine groups is 1. The molecule has 0 unspecified atom stereocenters. The van der Waals surface area contributed by atoms with E-state index in [1.165, 1.54) is 11.8 Å². The van der Waals surface area contributed by atoms with Gasteiger partial charge in [-0.25, -0.2) is 8.78 Å². The van der Waals surface area contributed by atoms with Gasteiger partial charge < -0.3 is 10.9 Å². The normalized spacial score (nSPS) is 11.8. The van der Waals surface area contributed by atoms with Crippen LogP contribution in [0.5, 0.6) is 0 Å². The molecule has 0 spiro atoms. The van der Waals surface area contributed by atoms with Gasteiger partial charge in [-0.05, 0) is 30.4 Å². The van der Waals surface area contributed by atoms with Crippen molar-refractivity contribution in [3.05, 3.63) is 29.8 Å². The predicted molar refractivity (Wildman–Crippen MR) is 59.7 cm³/mol. The van der Waals surface area contributed by atoms with E-state index in [1.54, 1.807) is 0 Å². The summed E-state index contributed by atoms with van der Waals surface area (Å²) in [6.45, 7) is 0. The molecule has 0 bridgehead atoms. The first kappa shape index (κ1) is 12.8. The fourth-order valence-corrected chi connectivity index (χ4v) is 1.98. The highest BCUT2D eigenvalue weighted by Crippen LogP contribution is 2.23. The molecule has 0 radical (unpaired) electrons. The highest BCUT2D eigenvalue weighted by Gasteiger charge is 2.04. The van der Waals surface area contributed by atoms with Crippen LogP contribution in [0.4, 0.5) is 8.78 Å². The number of nitrogens with zero attached hydrogens (tertiary/aromatic N) is 1. The second kappa shape index (κ2) is 6.32. The Labute approximate surface area is 96.3 Å². The molecular formula is C10H12F2N2OS. The van der Waals surface area contributed by atoms with Crippen LogP contribution in [0.15, 0.2) is 28.3 Å². The summed E-state index contributed by atoms with van der Waals surface area (Å²) in [4.78, 5) is 0.277. The van der Waals surface area contributed by atoms with Crippen LogP contribution in [0.1, 0.15) is 12.8 Å². The number of hydrogen-bond acceptors (Lipinski definition) is 3. The molecule has 1 rings (SSSR count). The van der Waals surface area contributed by atoms with E-state index in [0.29, 0.717) is 18.6 Å². The summed E-state index contributed by atoms with van der Waals surface area (Å²) in [7, 11) is 0. The molecule has 1 aromatic rings. The van der Waals surface area contributed by atoms with Crippen LogP contribution in [0.3, 0.4) is 0 Å². The summed E-state index contributed by atoms with van der Waals surface area (Å²) >= 11 is 1.21. The number of hydrogen-bond donors (Lipinski definition) is 2. The predicted octanol–water partition coefficient (Wildman–Crippen LogP) is 2.58. The van der Waals surface area contributed by atoms with Crippen molar-refractivity contribution in [1.29, 1.82) is 0 Å². The Morgan fingerprint density at radius 1 is 1.44 bits per heavy atom. The summed E-state index contributed by atoms with van der Waals surface area (Å²) in [6, 6.07) is 3.33. The zero-order valence-corrected chi connectivity index (χ0v) is 9.31. The average Bonchev–Trinajstić information content (AvgIpc) is 2.28. The maximum atomic E-state index is 13.1. The van der Waals surface area contributed by atoms with Gasteiger partial charge in [0.05, 0.1) is 0 Å². The molecule has 0 heterocycles. The molecule has 0 saturated carbocycles. The number of benzene rings is 1. The molecule has 0 atom stereocenters. The monoisotopic (exact) mass is 246 g/mol. The van der Waals surface area contributed by atoms with Crippen molar-refractivity contribution >= 4 is 17.6 Å². The van der Waals surface area contributed by atoms with Gasteiger partial charge in [0, 0.05) is 11.3 Å². The van der Waals surface area contributed by atoms with E-state index in [-0.39, 0.29) is 10.7 Å². The zero-order chi connectivity index (χ0) is 12.0. The van der Waals surface area contributed by atoms with E-state index < -0.39 is 11.6 Å². The van der Waals surface area contributed by atoms with Gasteiger partial charge in [0.25, 0.3) is 0 Å². The SMILES string of the molecule is N/C(CCCSc1cc(F)ccc1F)=N\O. The Hall–Kier alpha value is -1.30. The maximum Gasteiger partial charge on any atom is 0.139 e. The van der Waals surface area contributed by atoms with Crippen LogP contribution in [-0.4, -0.2) is 16.8 Å². The number of nitrogens with two attached hydrogens (primary N) is 1. The van der Waals surface area contributed by atoms with E-state index in [4.69, 9.17) is 10.9 Å².